The summed E-state index contributed by atoms with van der Waals surface area (Å²) in [4.78, 5) is 15.7. The van der Waals surface area contributed by atoms with Crippen LogP contribution in [-0.4, -0.2) is 22.7 Å². The van der Waals surface area contributed by atoms with Gasteiger partial charge in [-0.1, -0.05) is 25.6 Å². The molecule has 4 heteroatoms. The molecule has 3 nitrogen and oxygen atoms in total. The zero-order valence-electron chi connectivity index (χ0n) is 11.6. The number of thioether (sulfide) groups is 1. The van der Waals surface area contributed by atoms with Gasteiger partial charge in [-0.25, -0.2) is 0 Å². The van der Waals surface area contributed by atoms with Crippen LogP contribution in [0.25, 0.3) is 0 Å². The van der Waals surface area contributed by atoms with Gasteiger partial charge in [0, 0.05) is 16.5 Å². The molecular formula is C15H20N2OS. The van der Waals surface area contributed by atoms with E-state index in [2.05, 4.69) is 24.2 Å². The molecule has 1 aromatic carbocycles. The van der Waals surface area contributed by atoms with Gasteiger partial charge in [-0.05, 0) is 43.5 Å². The van der Waals surface area contributed by atoms with Gasteiger partial charge in [-0.2, -0.15) is 0 Å². The number of amidine groups is 1. The molecule has 0 fully saturated rings. The summed E-state index contributed by atoms with van der Waals surface area (Å²) in [5.74, 6) is 0.804. The average Bonchev–Trinajstić information content (AvgIpc) is 2.76. The lowest BCUT2D eigenvalue weighted by molar-refractivity contribution is 0.101. The van der Waals surface area contributed by atoms with Crippen molar-refractivity contribution in [2.75, 3.05) is 11.9 Å². The van der Waals surface area contributed by atoms with Crippen LogP contribution in [0.1, 0.15) is 37.6 Å². The molecule has 0 bridgehead atoms. The summed E-state index contributed by atoms with van der Waals surface area (Å²) in [7, 11) is 0. The van der Waals surface area contributed by atoms with Gasteiger partial charge in [0.25, 0.3) is 0 Å². The molecule has 1 heterocycles. The fourth-order valence-electron chi connectivity index (χ4n) is 2.05. The van der Waals surface area contributed by atoms with E-state index in [-0.39, 0.29) is 5.78 Å². The van der Waals surface area contributed by atoms with Crippen molar-refractivity contribution in [3.8, 4) is 0 Å². The minimum atomic E-state index is 0.0936. The summed E-state index contributed by atoms with van der Waals surface area (Å²) in [6.45, 7) is 6.96. The number of aliphatic imine (C=N–C) groups is 1. The van der Waals surface area contributed by atoms with Gasteiger partial charge in [0.05, 0.1) is 6.54 Å². The molecule has 1 N–H and O–H groups in total. The van der Waals surface area contributed by atoms with Crippen molar-refractivity contribution in [2.45, 2.75) is 32.4 Å². The Bertz CT molecular complexity index is 479. The fraction of sp³-hybridized carbons (Fsp3) is 0.467. The maximum absolute atomic E-state index is 11.2. The van der Waals surface area contributed by atoms with Crippen LogP contribution in [-0.2, 0) is 0 Å². The summed E-state index contributed by atoms with van der Waals surface area (Å²) in [5, 5.41) is 4.90. The topological polar surface area (TPSA) is 41.5 Å². The molecule has 0 amide bonds. The standard InChI is InChI=1S/C15H20N2OS/c1-10(2)8-14-9-16-15(19-14)17-13-6-4-12(5-7-13)11(3)18/h4-7,10,14H,8-9H2,1-3H3,(H,16,17). The van der Waals surface area contributed by atoms with E-state index in [9.17, 15) is 4.79 Å². The van der Waals surface area contributed by atoms with E-state index in [0.717, 1.165) is 23.0 Å². The number of nitrogens with one attached hydrogen (secondary N) is 1. The first-order chi connectivity index (χ1) is 9.04. The van der Waals surface area contributed by atoms with Crippen molar-refractivity contribution in [3.05, 3.63) is 29.8 Å². The number of ketones is 1. The van der Waals surface area contributed by atoms with E-state index < -0.39 is 0 Å². The molecule has 0 saturated heterocycles. The van der Waals surface area contributed by atoms with Gasteiger partial charge >= 0.3 is 0 Å². The first-order valence-corrected chi connectivity index (χ1v) is 7.51. The fourth-order valence-corrected chi connectivity index (χ4v) is 3.32. The highest BCUT2D eigenvalue weighted by Crippen LogP contribution is 2.27. The SMILES string of the molecule is CC(=O)c1ccc(NC2=NCC(CC(C)C)S2)cc1. The Morgan fingerprint density at radius 1 is 1.42 bits per heavy atom. The highest BCUT2D eigenvalue weighted by Gasteiger charge is 2.20. The van der Waals surface area contributed by atoms with E-state index >= 15 is 0 Å². The van der Waals surface area contributed by atoms with Gasteiger partial charge < -0.3 is 5.32 Å². The molecule has 1 aromatic rings. The lowest BCUT2D eigenvalue weighted by Gasteiger charge is -2.11. The van der Waals surface area contributed by atoms with Gasteiger partial charge in [0.1, 0.15) is 0 Å². The van der Waals surface area contributed by atoms with Crippen LogP contribution < -0.4 is 5.32 Å². The normalized spacial score (nSPS) is 18.5. The van der Waals surface area contributed by atoms with E-state index in [0.29, 0.717) is 11.2 Å². The Morgan fingerprint density at radius 2 is 2.11 bits per heavy atom. The van der Waals surface area contributed by atoms with E-state index in [1.165, 1.54) is 6.42 Å². The molecule has 1 unspecified atom stereocenters. The highest BCUT2D eigenvalue weighted by atomic mass is 32.2. The Hall–Kier alpha value is -1.29. The third-order valence-electron chi connectivity index (χ3n) is 2.99. The largest absolute Gasteiger partial charge is 0.335 e. The lowest BCUT2D eigenvalue weighted by Crippen LogP contribution is -2.09. The van der Waals surface area contributed by atoms with Crippen LogP contribution in [0.2, 0.25) is 0 Å². The molecule has 0 spiro atoms. The van der Waals surface area contributed by atoms with E-state index in [1.807, 2.05) is 36.0 Å². The number of carbonyl (C=O) groups is 1. The smallest absolute Gasteiger partial charge is 0.161 e. The molecule has 19 heavy (non-hydrogen) atoms. The van der Waals surface area contributed by atoms with Crippen molar-refractivity contribution in [2.24, 2.45) is 10.9 Å². The number of hydrogen-bond donors (Lipinski definition) is 1. The summed E-state index contributed by atoms with van der Waals surface area (Å²) in [5.41, 5.74) is 1.73. The number of benzene rings is 1. The average molecular weight is 276 g/mol. The van der Waals surface area contributed by atoms with Crippen LogP contribution in [0, 0.1) is 5.92 Å². The van der Waals surface area contributed by atoms with Crippen LogP contribution >= 0.6 is 11.8 Å². The maximum Gasteiger partial charge on any atom is 0.161 e. The third kappa shape index (κ3) is 4.10. The highest BCUT2D eigenvalue weighted by molar-refractivity contribution is 8.15. The molecular weight excluding hydrogens is 256 g/mol. The number of anilines is 1. The van der Waals surface area contributed by atoms with Crippen molar-refractivity contribution >= 4 is 28.4 Å². The second-order valence-corrected chi connectivity index (χ2v) is 6.56. The number of nitrogens with zero attached hydrogens (tertiary/aromatic N) is 1. The van der Waals surface area contributed by atoms with Gasteiger partial charge in [-0.3, -0.25) is 9.79 Å². The zero-order chi connectivity index (χ0) is 13.8. The Balaban J connectivity index is 1.90. The lowest BCUT2D eigenvalue weighted by atomic mass is 10.1. The summed E-state index contributed by atoms with van der Waals surface area (Å²) >= 11 is 1.82. The molecule has 1 atom stereocenters. The Morgan fingerprint density at radius 3 is 2.68 bits per heavy atom. The van der Waals surface area contributed by atoms with Gasteiger partial charge in [0.2, 0.25) is 0 Å². The number of rotatable bonds is 4. The molecule has 0 saturated carbocycles. The van der Waals surface area contributed by atoms with Crippen LogP contribution in [0.15, 0.2) is 29.3 Å². The van der Waals surface area contributed by atoms with Crippen molar-refractivity contribution in [3.63, 3.8) is 0 Å². The van der Waals surface area contributed by atoms with Gasteiger partial charge in [-0.15, -0.1) is 0 Å². The van der Waals surface area contributed by atoms with Crippen molar-refractivity contribution in [1.29, 1.82) is 0 Å². The minimum Gasteiger partial charge on any atom is -0.335 e. The van der Waals surface area contributed by atoms with Gasteiger partial charge in [0.15, 0.2) is 11.0 Å². The van der Waals surface area contributed by atoms with Crippen molar-refractivity contribution in [1.82, 2.24) is 0 Å². The summed E-state index contributed by atoms with van der Waals surface area (Å²) < 4.78 is 0. The minimum absolute atomic E-state index is 0.0936. The molecule has 1 aliphatic heterocycles. The molecule has 0 aliphatic carbocycles. The third-order valence-corrected chi connectivity index (χ3v) is 4.12. The number of hydrogen-bond acceptors (Lipinski definition) is 4. The molecule has 0 aromatic heterocycles. The van der Waals surface area contributed by atoms with Crippen LogP contribution in [0.3, 0.4) is 0 Å². The van der Waals surface area contributed by atoms with E-state index in [4.69, 9.17) is 0 Å². The zero-order valence-corrected chi connectivity index (χ0v) is 12.5. The number of Topliss-reactive ketones (excluding diaryl/α,β-unsaturated/α-hetero) is 1. The summed E-state index contributed by atoms with van der Waals surface area (Å²) in [6.07, 6.45) is 1.20. The Labute approximate surface area is 118 Å². The second-order valence-electron chi connectivity index (χ2n) is 5.27. The monoisotopic (exact) mass is 276 g/mol. The first kappa shape index (κ1) is 14.1. The van der Waals surface area contributed by atoms with Crippen LogP contribution in [0.5, 0.6) is 0 Å². The number of carbonyl (C=O) groups excluding carboxylic acids is 1. The first-order valence-electron chi connectivity index (χ1n) is 6.63. The van der Waals surface area contributed by atoms with Crippen molar-refractivity contribution < 1.29 is 4.79 Å². The molecule has 102 valence electrons. The predicted octanol–water partition coefficient (Wildman–Crippen LogP) is 3.82. The van der Waals surface area contributed by atoms with Crippen LogP contribution in [0.4, 0.5) is 5.69 Å². The molecule has 2 rings (SSSR count). The predicted molar refractivity (Wildman–Crippen MR) is 83.2 cm³/mol. The molecule has 1 aliphatic rings. The summed E-state index contributed by atoms with van der Waals surface area (Å²) in [6, 6.07) is 7.54. The maximum atomic E-state index is 11.2. The Kier molecular flexibility index (Phi) is 4.64. The second kappa shape index (κ2) is 6.24. The quantitative estimate of drug-likeness (QED) is 0.850. The molecule has 0 radical (unpaired) electrons. The van der Waals surface area contributed by atoms with E-state index in [1.54, 1.807) is 6.92 Å².